The zero-order valence-electron chi connectivity index (χ0n) is 17.9. The van der Waals surface area contributed by atoms with Crippen LogP contribution in [0, 0.1) is 6.92 Å². The summed E-state index contributed by atoms with van der Waals surface area (Å²) in [5.74, 6) is 1.92. The van der Waals surface area contributed by atoms with Crippen LogP contribution in [0.15, 0.2) is 53.7 Å². The van der Waals surface area contributed by atoms with Gasteiger partial charge in [0.05, 0.1) is 37.1 Å². The van der Waals surface area contributed by atoms with E-state index in [2.05, 4.69) is 25.0 Å². The third kappa shape index (κ3) is 4.02. The largest absolute Gasteiger partial charge is 0.497 e. The lowest BCUT2D eigenvalue weighted by Crippen LogP contribution is -2.18. The maximum Gasteiger partial charge on any atom is 0.280 e. The van der Waals surface area contributed by atoms with Crippen LogP contribution in [-0.2, 0) is 17.1 Å². The number of para-hydroxylation sites is 2. The normalized spacial score (nSPS) is 11.4. The molecule has 0 spiro atoms. The first kappa shape index (κ1) is 21.4. The quantitative estimate of drug-likeness (QED) is 0.437. The number of nitrogens with one attached hydrogen (secondary N) is 2. The first-order valence-electron chi connectivity index (χ1n) is 9.59. The molecule has 0 unspecified atom stereocenters. The molecule has 0 saturated heterocycles. The fourth-order valence-electron chi connectivity index (χ4n) is 3.11. The second kappa shape index (κ2) is 8.35. The summed E-state index contributed by atoms with van der Waals surface area (Å²) in [4.78, 5) is 13.2. The average molecular weight is 455 g/mol. The van der Waals surface area contributed by atoms with Gasteiger partial charge in [-0.1, -0.05) is 12.1 Å². The van der Waals surface area contributed by atoms with Crippen LogP contribution in [0.2, 0.25) is 0 Å². The van der Waals surface area contributed by atoms with Crippen LogP contribution in [-0.4, -0.2) is 42.2 Å². The van der Waals surface area contributed by atoms with Crippen molar-refractivity contribution < 1.29 is 17.9 Å². The third-order valence-electron chi connectivity index (χ3n) is 4.91. The van der Waals surface area contributed by atoms with Crippen molar-refractivity contribution in [2.24, 2.45) is 7.05 Å². The molecule has 10 nitrogen and oxygen atoms in total. The minimum Gasteiger partial charge on any atom is -0.497 e. The van der Waals surface area contributed by atoms with E-state index in [1.807, 2.05) is 6.07 Å². The summed E-state index contributed by atoms with van der Waals surface area (Å²) in [6.07, 6.45) is 1.30. The predicted octanol–water partition coefficient (Wildman–Crippen LogP) is 3.23. The summed E-state index contributed by atoms with van der Waals surface area (Å²) >= 11 is 0. The number of fused-ring (bicyclic) bond motifs is 1. The van der Waals surface area contributed by atoms with Gasteiger partial charge in [-0.05, 0) is 31.2 Å². The highest BCUT2D eigenvalue weighted by atomic mass is 32.2. The molecule has 0 aliphatic heterocycles. The van der Waals surface area contributed by atoms with Crippen LogP contribution in [0.1, 0.15) is 5.82 Å². The Bertz CT molecular complexity index is 1400. The van der Waals surface area contributed by atoms with Gasteiger partial charge in [0.25, 0.3) is 10.0 Å². The number of imidazole rings is 1. The van der Waals surface area contributed by atoms with Crippen molar-refractivity contribution in [1.29, 1.82) is 0 Å². The van der Waals surface area contributed by atoms with E-state index in [9.17, 15) is 8.42 Å². The Morgan fingerprint density at radius 2 is 1.66 bits per heavy atom. The van der Waals surface area contributed by atoms with Crippen molar-refractivity contribution >= 4 is 38.4 Å². The molecule has 2 aromatic carbocycles. The summed E-state index contributed by atoms with van der Waals surface area (Å²) in [5, 5.41) is 3.13. The molecule has 0 aliphatic rings. The van der Waals surface area contributed by atoms with E-state index in [0.29, 0.717) is 34.0 Å². The van der Waals surface area contributed by atoms with Gasteiger partial charge in [-0.25, -0.2) is 15.0 Å². The molecule has 0 amide bonds. The van der Waals surface area contributed by atoms with Crippen molar-refractivity contribution in [3.8, 4) is 11.5 Å². The summed E-state index contributed by atoms with van der Waals surface area (Å²) in [6.45, 7) is 1.72. The summed E-state index contributed by atoms with van der Waals surface area (Å²) < 4.78 is 40.9. The molecule has 4 rings (SSSR count). The van der Waals surface area contributed by atoms with E-state index < -0.39 is 10.0 Å². The van der Waals surface area contributed by atoms with Gasteiger partial charge >= 0.3 is 0 Å². The zero-order chi connectivity index (χ0) is 22.9. The van der Waals surface area contributed by atoms with Crippen molar-refractivity contribution in [2.75, 3.05) is 24.3 Å². The van der Waals surface area contributed by atoms with Crippen molar-refractivity contribution in [3.05, 3.63) is 54.5 Å². The van der Waals surface area contributed by atoms with Gasteiger partial charge < -0.3 is 19.4 Å². The van der Waals surface area contributed by atoms with Gasteiger partial charge in [0, 0.05) is 13.1 Å². The fourth-order valence-corrected chi connectivity index (χ4v) is 4.29. The first-order valence-corrected chi connectivity index (χ1v) is 11.1. The van der Waals surface area contributed by atoms with Crippen LogP contribution in [0.3, 0.4) is 0 Å². The number of ether oxygens (including phenoxy) is 2. The third-order valence-corrected chi connectivity index (χ3v) is 6.31. The number of aromatic nitrogens is 4. The van der Waals surface area contributed by atoms with E-state index in [-0.39, 0.29) is 16.7 Å². The molecule has 4 aromatic rings. The van der Waals surface area contributed by atoms with E-state index in [1.54, 1.807) is 57.5 Å². The monoisotopic (exact) mass is 454 g/mol. The molecule has 2 aromatic heterocycles. The number of benzene rings is 2. The maximum atomic E-state index is 13.1. The Balaban J connectivity index is 1.82. The van der Waals surface area contributed by atoms with Gasteiger partial charge in [-0.15, -0.1) is 0 Å². The molecule has 0 radical (unpaired) electrons. The lowest BCUT2D eigenvalue weighted by atomic mass is 10.2. The Morgan fingerprint density at radius 1 is 0.969 bits per heavy atom. The standard InChI is InChI=1S/C21H22N6O4S/c1-13-22-12-19(27(13)2)32(28,29)26-21-20(23-15-7-5-6-8-16(15)24-21)25-17-11-14(30-3)9-10-18(17)31-4/h5-12H,1-4H3,(H,23,25)(H,24,26). The molecule has 11 heteroatoms. The molecule has 32 heavy (non-hydrogen) atoms. The Labute approximate surface area is 185 Å². The summed E-state index contributed by atoms with van der Waals surface area (Å²) in [7, 11) is 0.733. The lowest BCUT2D eigenvalue weighted by molar-refractivity contribution is 0.405. The van der Waals surface area contributed by atoms with Crippen molar-refractivity contribution in [3.63, 3.8) is 0 Å². The number of hydrogen-bond donors (Lipinski definition) is 2. The van der Waals surface area contributed by atoms with E-state index in [1.165, 1.54) is 17.9 Å². The predicted molar refractivity (Wildman–Crippen MR) is 121 cm³/mol. The smallest absolute Gasteiger partial charge is 0.280 e. The zero-order valence-corrected chi connectivity index (χ0v) is 18.8. The molecule has 0 aliphatic carbocycles. The number of hydrogen-bond acceptors (Lipinski definition) is 8. The highest BCUT2D eigenvalue weighted by Crippen LogP contribution is 2.34. The maximum absolute atomic E-state index is 13.1. The van der Waals surface area contributed by atoms with Crippen LogP contribution < -0.4 is 19.5 Å². The minimum absolute atomic E-state index is 0.00914. The van der Waals surface area contributed by atoms with Crippen molar-refractivity contribution in [2.45, 2.75) is 11.9 Å². The van der Waals surface area contributed by atoms with Gasteiger partial charge in [0.1, 0.15) is 17.3 Å². The number of sulfonamides is 1. The Kier molecular flexibility index (Phi) is 5.57. The van der Waals surface area contributed by atoms with Gasteiger partial charge in [-0.2, -0.15) is 8.42 Å². The lowest BCUT2D eigenvalue weighted by Gasteiger charge is -2.16. The fraction of sp³-hybridized carbons (Fsp3) is 0.190. The summed E-state index contributed by atoms with van der Waals surface area (Å²) in [6, 6.07) is 12.4. The second-order valence-corrected chi connectivity index (χ2v) is 8.54. The molecule has 0 atom stereocenters. The number of rotatable bonds is 7. The van der Waals surface area contributed by atoms with Crippen LogP contribution in [0.25, 0.3) is 11.0 Å². The minimum atomic E-state index is -3.98. The molecule has 0 saturated carbocycles. The van der Waals surface area contributed by atoms with E-state index in [0.717, 1.165) is 0 Å². The number of nitrogens with zero attached hydrogens (tertiary/aromatic N) is 4. The highest BCUT2D eigenvalue weighted by Gasteiger charge is 2.23. The average Bonchev–Trinajstić information content (AvgIpc) is 3.13. The van der Waals surface area contributed by atoms with Crippen molar-refractivity contribution in [1.82, 2.24) is 19.5 Å². The number of aryl methyl sites for hydroxylation is 1. The molecule has 0 fully saturated rings. The summed E-state index contributed by atoms with van der Waals surface area (Å²) in [5.41, 5.74) is 1.67. The van der Waals surface area contributed by atoms with Crippen LogP contribution >= 0.6 is 0 Å². The Hall–Kier alpha value is -3.86. The topological polar surface area (TPSA) is 120 Å². The molecule has 2 N–H and O–H groups in total. The van der Waals surface area contributed by atoms with Gasteiger partial charge in [0.15, 0.2) is 16.7 Å². The molecular formula is C21H22N6O4S. The van der Waals surface area contributed by atoms with E-state index in [4.69, 9.17) is 9.47 Å². The molecule has 0 bridgehead atoms. The Morgan fingerprint density at radius 3 is 2.25 bits per heavy atom. The molecular weight excluding hydrogens is 432 g/mol. The molecule has 166 valence electrons. The van der Waals surface area contributed by atoms with E-state index >= 15 is 0 Å². The number of anilines is 3. The van der Waals surface area contributed by atoms with Gasteiger partial charge in [-0.3, -0.25) is 4.72 Å². The van der Waals surface area contributed by atoms with Crippen LogP contribution in [0.5, 0.6) is 11.5 Å². The highest BCUT2D eigenvalue weighted by molar-refractivity contribution is 7.92. The van der Waals surface area contributed by atoms with Gasteiger partial charge in [0.2, 0.25) is 0 Å². The second-order valence-electron chi connectivity index (χ2n) is 6.91. The SMILES string of the molecule is COc1ccc(OC)c(Nc2nc3ccccc3nc2NS(=O)(=O)c2cnc(C)n2C)c1. The molecule has 2 heterocycles. The first-order chi connectivity index (χ1) is 15.3. The number of methoxy groups -OCH3 is 2. The van der Waals surface area contributed by atoms with Crippen LogP contribution in [0.4, 0.5) is 17.3 Å².